The highest BCUT2D eigenvalue weighted by molar-refractivity contribution is 5.80. The van der Waals surface area contributed by atoms with E-state index in [9.17, 15) is 5.11 Å². The second kappa shape index (κ2) is 10.8. The van der Waals surface area contributed by atoms with Crippen LogP contribution in [0, 0.1) is 5.41 Å². The van der Waals surface area contributed by atoms with Crippen LogP contribution in [-0.2, 0) is 9.47 Å². The Morgan fingerprint density at radius 1 is 1.32 bits per heavy atom. The van der Waals surface area contributed by atoms with E-state index >= 15 is 0 Å². The van der Waals surface area contributed by atoms with Gasteiger partial charge in [-0.3, -0.25) is 9.89 Å². The van der Waals surface area contributed by atoms with E-state index in [1.165, 1.54) is 0 Å². The van der Waals surface area contributed by atoms with Crippen LogP contribution in [0.2, 0.25) is 0 Å². The summed E-state index contributed by atoms with van der Waals surface area (Å²) in [5, 5.41) is 17.7. The summed E-state index contributed by atoms with van der Waals surface area (Å²) in [5.74, 6) is 0.773. The number of β-amino-alcohol motifs (C(OH)–C–C–N with tert-alkyl or cyclic N) is 1. The van der Waals surface area contributed by atoms with Gasteiger partial charge < -0.3 is 25.2 Å². The molecule has 1 aliphatic carbocycles. The van der Waals surface area contributed by atoms with Gasteiger partial charge in [0.1, 0.15) is 0 Å². The summed E-state index contributed by atoms with van der Waals surface area (Å²) in [6, 6.07) is 0.320. The van der Waals surface area contributed by atoms with Crippen LogP contribution >= 0.6 is 0 Å². The van der Waals surface area contributed by atoms with Gasteiger partial charge in [-0.25, -0.2) is 0 Å². The van der Waals surface area contributed by atoms with Gasteiger partial charge in [-0.2, -0.15) is 0 Å². The lowest BCUT2D eigenvalue weighted by Gasteiger charge is -2.52. The first kappa shape index (κ1) is 23.4. The SMILES string of the molecule is CCCCOC1CC(NC(=NCC(C)(O)CN2CCOCC2)NCC)C1(C)C. The average molecular weight is 399 g/mol. The maximum absolute atomic E-state index is 10.8. The number of morpholine rings is 1. The fraction of sp³-hybridized carbons (Fsp3) is 0.952. The Labute approximate surface area is 171 Å². The van der Waals surface area contributed by atoms with E-state index < -0.39 is 5.60 Å². The molecule has 0 aromatic rings. The predicted octanol–water partition coefficient (Wildman–Crippen LogP) is 1.61. The molecule has 3 atom stereocenters. The summed E-state index contributed by atoms with van der Waals surface area (Å²) >= 11 is 0. The molecular weight excluding hydrogens is 356 g/mol. The third kappa shape index (κ3) is 6.87. The monoisotopic (exact) mass is 398 g/mol. The highest BCUT2D eigenvalue weighted by atomic mass is 16.5. The smallest absolute Gasteiger partial charge is 0.191 e. The van der Waals surface area contributed by atoms with E-state index in [-0.39, 0.29) is 5.41 Å². The molecule has 0 aromatic heterocycles. The fourth-order valence-corrected chi connectivity index (χ4v) is 3.81. The number of hydrogen-bond acceptors (Lipinski definition) is 5. The second-order valence-electron chi connectivity index (χ2n) is 9.05. The third-order valence-corrected chi connectivity index (χ3v) is 5.90. The van der Waals surface area contributed by atoms with E-state index in [1.54, 1.807) is 0 Å². The van der Waals surface area contributed by atoms with Crippen molar-refractivity contribution in [1.82, 2.24) is 15.5 Å². The molecule has 1 aliphatic heterocycles. The number of nitrogens with one attached hydrogen (secondary N) is 2. The number of hydrogen-bond donors (Lipinski definition) is 3. The van der Waals surface area contributed by atoms with E-state index in [0.29, 0.717) is 25.2 Å². The number of unbranched alkanes of at least 4 members (excludes halogenated alkanes) is 1. The maximum atomic E-state index is 10.8. The Morgan fingerprint density at radius 3 is 2.64 bits per heavy atom. The van der Waals surface area contributed by atoms with Gasteiger partial charge in [-0.05, 0) is 26.7 Å². The minimum atomic E-state index is -0.860. The number of rotatable bonds is 10. The molecule has 7 nitrogen and oxygen atoms in total. The molecule has 2 aliphatic rings. The molecule has 1 heterocycles. The molecule has 7 heteroatoms. The summed E-state index contributed by atoms with van der Waals surface area (Å²) in [4.78, 5) is 6.93. The lowest BCUT2D eigenvalue weighted by atomic mass is 9.64. The molecule has 0 radical (unpaired) electrons. The lowest BCUT2D eigenvalue weighted by Crippen LogP contribution is -2.63. The van der Waals surface area contributed by atoms with Gasteiger partial charge in [0.2, 0.25) is 0 Å². The van der Waals surface area contributed by atoms with Crippen molar-refractivity contribution < 1.29 is 14.6 Å². The van der Waals surface area contributed by atoms with Gasteiger partial charge in [0, 0.05) is 44.2 Å². The summed E-state index contributed by atoms with van der Waals surface area (Å²) < 4.78 is 11.4. The zero-order valence-corrected chi connectivity index (χ0v) is 18.6. The summed E-state index contributed by atoms with van der Waals surface area (Å²) in [7, 11) is 0. The van der Waals surface area contributed by atoms with Gasteiger partial charge in [0.25, 0.3) is 0 Å². The van der Waals surface area contributed by atoms with Crippen LogP contribution in [-0.4, -0.2) is 86.3 Å². The molecule has 3 unspecified atom stereocenters. The molecule has 1 saturated carbocycles. The van der Waals surface area contributed by atoms with Crippen molar-refractivity contribution in [3.8, 4) is 0 Å². The van der Waals surface area contributed by atoms with Crippen molar-refractivity contribution >= 4 is 5.96 Å². The third-order valence-electron chi connectivity index (χ3n) is 5.90. The van der Waals surface area contributed by atoms with E-state index in [2.05, 4.69) is 48.2 Å². The molecular formula is C21H42N4O3. The largest absolute Gasteiger partial charge is 0.387 e. The molecule has 0 spiro atoms. The molecule has 2 rings (SSSR count). The van der Waals surface area contributed by atoms with Crippen molar-refractivity contribution in [2.24, 2.45) is 10.4 Å². The zero-order chi connectivity index (χ0) is 20.6. The van der Waals surface area contributed by atoms with Crippen LogP contribution in [0.3, 0.4) is 0 Å². The van der Waals surface area contributed by atoms with E-state index in [1.807, 2.05) is 6.92 Å². The van der Waals surface area contributed by atoms with Crippen LogP contribution in [0.4, 0.5) is 0 Å². The van der Waals surface area contributed by atoms with Crippen LogP contribution < -0.4 is 10.6 Å². The first-order valence-electron chi connectivity index (χ1n) is 11.0. The van der Waals surface area contributed by atoms with Crippen molar-refractivity contribution in [3.63, 3.8) is 0 Å². The van der Waals surface area contributed by atoms with Crippen LogP contribution in [0.1, 0.15) is 53.9 Å². The summed E-state index contributed by atoms with van der Waals surface area (Å²) in [6.45, 7) is 16.4. The molecule has 0 bridgehead atoms. The van der Waals surface area contributed by atoms with Gasteiger partial charge in [-0.15, -0.1) is 0 Å². The topological polar surface area (TPSA) is 78.3 Å². The molecule has 164 valence electrons. The number of guanidine groups is 1. The second-order valence-corrected chi connectivity index (χ2v) is 9.05. The Hall–Kier alpha value is -0.890. The molecule has 2 fully saturated rings. The van der Waals surface area contributed by atoms with Crippen LogP contribution in [0.5, 0.6) is 0 Å². The normalized spacial score (nSPS) is 27.7. The number of aliphatic imine (C=N–C) groups is 1. The van der Waals surface area contributed by atoms with Gasteiger partial charge in [0.15, 0.2) is 5.96 Å². The Bertz CT molecular complexity index is 490. The molecule has 1 saturated heterocycles. The fourth-order valence-electron chi connectivity index (χ4n) is 3.81. The quantitative estimate of drug-likeness (QED) is 0.295. The maximum Gasteiger partial charge on any atom is 0.191 e. The Balaban J connectivity index is 1.86. The molecule has 28 heavy (non-hydrogen) atoms. The number of nitrogens with zero attached hydrogens (tertiary/aromatic N) is 2. The Morgan fingerprint density at radius 2 is 2.04 bits per heavy atom. The highest BCUT2D eigenvalue weighted by Gasteiger charge is 2.49. The van der Waals surface area contributed by atoms with Crippen molar-refractivity contribution in [1.29, 1.82) is 0 Å². The van der Waals surface area contributed by atoms with E-state index in [4.69, 9.17) is 9.47 Å². The number of aliphatic hydroxyl groups is 1. The van der Waals surface area contributed by atoms with Gasteiger partial charge >= 0.3 is 0 Å². The minimum absolute atomic E-state index is 0.0697. The molecule has 0 aromatic carbocycles. The van der Waals surface area contributed by atoms with E-state index in [0.717, 1.165) is 64.7 Å². The first-order valence-corrected chi connectivity index (χ1v) is 11.0. The van der Waals surface area contributed by atoms with Gasteiger partial charge in [0.05, 0.1) is 31.5 Å². The average Bonchev–Trinajstić information content (AvgIpc) is 2.65. The first-order chi connectivity index (χ1) is 13.3. The zero-order valence-electron chi connectivity index (χ0n) is 18.6. The summed E-state index contributed by atoms with van der Waals surface area (Å²) in [5.41, 5.74) is -0.791. The van der Waals surface area contributed by atoms with Crippen molar-refractivity contribution in [2.45, 2.75) is 71.6 Å². The summed E-state index contributed by atoms with van der Waals surface area (Å²) in [6.07, 6.45) is 3.57. The van der Waals surface area contributed by atoms with Crippen LogP contribution in [0.25, 0.3) is 0 Å². The lowest BCUT2D eigenvalue weighted by molar-refractivity contribution is -0.113. The minimum Gasteiger partial charge on any atom is -0.387 e. The van der Waals surface area contributed by atoms with Crippen LogP contribution in [0.15, 0.2) is 4.99 Å². The molecule has 3 N–H and O–H groups in total. The number of ether oxygens (including phenoxy) is 2. The van der Waals surface area contributed by atoms with Crippen molar-refractivity contribution in [2.75, 3.05) is 52.5 Å². The standard InChI is InChI=1S/C21H42N4O3/c1-6-8-11-28-18-14-17(20(18,3)4)24-19(22-7-2)23-15-21(5,26)16-25-9-12-27-13-10-25/h17-18,26H,6-16H2,1-5H3,(H2,22,23,24). The Kier molecular flexibility index (Phi) is 8.99. The molecule has 0 amide bonds. The predicted molar refractivity (Wildman–Crippen MR) is 114 cm³/mol. The van der Waals surface area contributed by atoms with Crippen molar-refractivity contribution in [3.05, 3.63) is 0 Å². The highest BCUT2D eigenvalue weighted by Crippen LogP contribution is 2.42. The van der Waals surface area contributed by atoms with Gasteiger partial charge in [-0.1, -0.05) is 27.2 Å².